The zero-order valence-electron chi connectivity index (χ0n) is 10.7. The Bertz CT molecular complexity index is 775. The number of carbonyl (C=O) groups excluding carboxylic acids is 1. The third-order valence-corrected chi connectivity index (χ3v) is 4.15. The van der Waals surface area contributed by atoms with E-state index in [1.165, 1.54) is 17.4 Å². The van der Waals surface area contributed by atoms with Crippen molar-refractivity contribution >= 4 is 57.6 Å². The topological polar surface area (TPSA) is 42.1 Å². The van der Waals surface area contributed by atoms with Crippen molar-refractivity contribution in [3.05, 3.63) is 48.1 Å². The lowest BCUT2D eigenvalue weighted by atomic mass is 10.2. The number of thiazole rings is 1. The molecule has 2 aromatic rings. The molecule has 3 nitrogen and oxygen atoms in total. The van der Waals surface area contributed by atoms with Crippen LogP contribution >= 0.6 is 39.5 Å². The summed E-state index contributed by atoms with van der Waals surface area (Å²) in [5.74, 6) is -0.373. The summed E-state index contributed by atoms with van der Waals surface area (Å²) in [6.45, 7) is 2.13. The number of halogens is 1. The van der Waals surface area contributed by atoms with Gasteiger partial charge in [-0.1, -0.05) is 28.1 Å². The molecule has 0 atom stereocenters. The van der Waals surface area contributed by atoms with Crippen LogP contribution in [0.15, 0.2) is 28.7 Å². The van der Waals surface area contributed by atoms with Crippen LogP contribution in [0.3, 0.4) is 0 Å². The number of esters is 1. The van der Waals surface area contributed by atoms with Crippen molar-refractivity contribution < 1.29 is 9.53 Å². The fraction of sp³-hybridized carbons (Fsp3) is 0.143. The largest absolute Gasteiger partial charge is 0.463 e. The second kappa shape index (κ2) is 6.97. The lowest BCUT2D eigenvalue weighted by molar-refractivity contribution is -0.135. The Morgan fingerprint density at radius 1 is 1.45 bits per heavy atom. The van der Waals surface area contributed by atoms with Crippen LogP contribution in [0.5, 0.6) is 0 Å². The highest BCUT2D eigenvalue weighted by Crippen LogP contribution is 2.10. The first-order chi connectivity index (χ1) is 9.58. The minimum Gasteiger partial charge on any atom is -0.463 e. The van der Waals surface area contributed by atoms with Crippen molar-refractivity contribution in [2.75, 3.05) is 6.61 Å². The maximum Gasteiger partial charge on any atom is 0.332 e. The van der Waals surface area contributed by atoms with E-state index in [-0.39, 0.29) is 5.97 Å². The summed E-state index contributed by atoms with van der Waals surface area (Å²) < 4.78 is 7.47. The van der Waals surface area contributed by atoms with Crippen molar-refractivity contribution in [1.82, 2.24) is 4.98 Å². The molecular formula is C14H12BrNO2S2. The van der Waals surface area contributed by atoms with E-state index >= 15 is 0 Å². The second-order valence-electron chi connectivity index (χ2n) is 3.88. The third kappa shape index (κ3) is 4.13. The maximum absolute atomic E-state index is 11.5. The van der Waals surface area contributed by atoms with Crippen LogP contribution in [-0.4, -0.2) is 17.6 Å². The minimum absolute atomic E-state index is 0.353. The number of aromatic amines is 1. The van der Waals surface area contributed by atoms with Gasteiger partial charge in [0.2, 0.25) is 0 Å². The van der Waals surface area contributed by atoms with Gasteiger partial charge in [-0.05, 0) is 42.9 Å². The zero-order valence-corrected chi connectivity index (χ0v) is 13.9. The van der Waals surface area contributed by atoms with Crippen LogP contribution in [0.25, 0.3) is 12.2 Å². The van der Waals surface area contributed by atoms with Gasteiger partial charge in [0, 0.05) is 10.5 Å². The van der Waals surface area contributed by atoms with Gasteiger partial charge in [-0.25, -0.2) is 4.79 Å². The number of nitrogens with one attached hydrogen (secondary N) is 1. The van der Waals surface area contributed by atoms with E-state index < -0.39 is 0 Å². The highest BCUT2D eigenvalue weighted by atomic mass is 79.9. The van der Waals surface area contributed by atoms with E-state index in [2.05, 4.69) is 20.9 Å². The van der Waals surface area contributed by atoms with Crippen molar-refractivity contribution in [3.63, 3.8) is 0 Å². The minimum atomic E-state index is -0.373. The molecule has 0 bridgehead atoms. The molecule has 1 heterocycles. The summed E-state index contributed by atoms with van der Waals surface area (Å²) in [5, 5.41) is 0.682. The molecule has 0 saturated carbocycles. The molecule has 1 aromatic carbocycles. The summed E-state index contributed by atoms with van der Waals surface area (Å²) in [4.78, 5) is 14.5. The highest BCUT2D eigenvalue weighted by molar-refractivity contribution is 9.10. The molecule has 6 heteroatoms. The monoisotopic (exact) mass is 369 g/mol. The molecule has 1 N–H and O–H groups in total. The molecule has 0 spiro atoms. The predicted octanol–water partition coefficient (Wildman–Crippen LogP) is 2.74. The van der Waals surface area contributed by atoms with Gasteiger partial charge in [-0.15, -0.1) is 11.3 Å². The highest BCUT2D eigenvalue weighted by Gasteiger charge is 1.98. The predicted molar refractivity (Wildman–Crippen MR) is 87.6 cm³/mol. The van der Waals surface area contributed by atoms with Crippen LogP contribution in [0.4, 0.5) is 0 Å². The fourth-order valence-corrected chi connectivity index (χ4v) is 3.00. The quantitative estimate of drug-likeness (QED) is 0.667. The summed E-state index contributed by atoms with van der Waals surface area (Å²) in [5.41, 5.74) is 1.04. The van der Waals surface area contributed by atoms with Gasteiger partial charge < -0.3 is 9.72 Å². The average molecular weight is 370 g/mol. The van der Waals surface area contributed by atoms with Crippen molar-refractivity contribution in [2.45, 2.75) is 6.92 Å². The number of H-pyrrole nitrogens is 1. The average Bonchev–Trinajstić information content (AvgIpc) is 2.72. The molecule has 0 aliphatic rings. The Hall–Kier alpha value is -1.24. The van der Waals surface area contributed by atoms with E-state index in [1.807, 2.05) is 30.3 Å². The molecule has 0 saturated heterocycles. The number of hydrogen-bond acceptors (Lipinski definition) is 4. The molecule has 2 rings (SSSR count). The number of aromatic nitrogens is 1. The number of carbonyl (C=O) groups is 1. The molecule has 0 aliphatic heterocycles. The summed E-state index contributed by atoms with van der Waals surface area (Å²) in [6.07, 6.45) is 3.41. The summed E-state index contributed by atoms with van der Waals surface area (Å²) in [7, 11) is 0. The van der Waals surface area contributed by atoms with Crippen molar-refractivity contribution in [3.8, 4) is 0 Å². The zero-order chi connectivity index (χ0) is 14.5. The second-order valence-corrected chi connectivity index (χ2v) is 6.52. The van der Waals surface area contributed by atoms with Crippen LogP contribution in [-0.2, 0) is 9.53 Å². The van der Waals surface area contributed by atoms with Gasteiger partial charge in [-0.3, -0.25) is 0 Å². The molecular weight excluding hydrogens is 358 g/mol. The Balaban J connectivity index is 2.49. The smallest absolute Gasteiger partial charge is 0.332 e. The fourth-order valence-electron chi connectivity index (χ4n) is 1.58. The Morgan fingerprint density at radius 2 is 2.15 bits per heavy atom. The Morgan fingerprint density at radius 3 is 2.80 bits per heavy atom. The van der Waals surface area contributed by atoms with E-state index in [0.29, 0.717) is 15.9 Å². The van der Waals surface area contributed by atoms with E-state index in [1.54, 1.807) is 6.92 Å². The van der Waals surface area contributed by atoms with Gasteiger partial charge in [0.15, 0.2) is 3.95 Å². The Kier molecular flexibility index (Phi) is 5.28. The summed E-state index contributed by atoms with van der Waals surface area (Å²) >= 11 is 9.96. The molecule has 0 radical (unpaired) electrons. The van der Waals surface area contributed by atoms with Crippen LogP contribution in [0.1, 0.15) is 12.5 Å². The van der Waals surface area contributed by atoms with Gasteiger partial charge >= 0.3 is 5.97 Å². The molecule has 0 aliphatic carbocycles. The SMILES string of the molecule is CCOC(=O)/C=c1\[nH]c(=S)s\c1=C/c1ccc(Br)cc1. The van der Waals surface area contributed by atoms with Gasteiger partial charge in [0.1, 0.15) is 0 Å². The van der Waals surface area contributed by atoms with Crippen LogP contribution in [0.2, 0.25) is 0 Å². The number of hydrogen-bond donors (Lipinski definition) is 1. The van der Waals surface area contributed by atoms with Crippen molar-refractivity contribution in [1.29, 1.82) is 0 Å². The lowest BCUT2D eigenvalue weighted by Crippen LogP contribution is -2.23. The first-order valence-electron chi connectivity index (χ1n) is 5.93. The number of ether oxygens (including phenoxy) is 1. The normalized spacial score (nSPS) is 12.7. The van der Waals surface area contributed by atoms with Crippen LogP contribution in [0, 0.1) is 3.95 Å². The van der Waals surface area contributed by atoms with Gasteiger partial charge in [-0.2, -0.15) is 0 Å². The third-order valence-electron chi connectivity index (χ3n) is 2.42. The van der Waals surface area contributed by atoms with E-state index in [9.17, 15) is 4.79 Å². The molecule has 0 amide bonds. The van der Waals surface area contributed by atoms with Gasteiger partial charge in [0.05, 0.1) is 16.5 Å². The van der Waals surface area contributed by atoms with Crippen molar-refractivity contribution in [2.24, 2.45) is 0 Å². The molecule has 0 fully saturated rings. The lowest BCUT2D eigenvalue weighted by Gasteiger charge is -1.94. The van der Waals surface area contributed by atoms with E-state index in [0.717, 1.165) is 14.6 Å². The molecule has 1 aromatic heterocycles. The first-order valence-corrected chi connectivity index (χ1v) is 7.95. The molecule has 0 unspecified atom stereocenters. The first kappa shape index (κ1) is 15.2. The van der Waals surface area contributed by atoms with Gasteiger partial charge in [0.25, 0.3) is 0 Å². The molecule has 104 valence electrons. The number of benzene rings is 1. The van der Waals surface area contributed by atoms with E-state index in [4.69, 9.17) is 17.0 Å². The maximum atomic E-state index is 11.5. The standard InChI is InChI=1S/C14H12BrNO2S2/c1-2-18-13(17)8-11-12(20-14(19)16-11)7-9-3-5-10(15)6-4-9/h3-8H,2H2,1H3,(H,16,19)/b11-8-,12-7-. The number of rotatable bonds is 3. The van der Waals surface area contributed by atoms with Crippen LogP contribution < -0.4 is 9.88 Å². The molecule has 20 heavy (non-hydrogen) atoms. The Labute approximate surface area is 133 Å². The summed E-state index contributed by atoms with van der Waals surface area (Å²) in [6, 6.07) is 7.90.